The fourth-order valence-electron chi connectivity index (χ4n) is 5.32. The summed E-state index contributed by atoms with van der Waals surface area (Å²) in [6.07, 6.45) is 6.64. The van der Waals surface area contributed by atoms with E-state index in [0.29, 0.717) is 61.4 Å². The number of anilines is 2. The monoisotopic (exact) mass is 593 g/mol. The van der Waals surface area contributed by atoms with Crippen molar-refractivity contribution in [2.24, 2.45) is 0 Å². The Hall–Kier alpha value is -3.66. The SMILES string of the molecule is O=S(=O)(c1ccn(S(=O)(=O)C2CC2)c1)n1nc(N2CCN(c3ncc(F)cn3)CC23CC3)c2c(F)cc(F)cc21. The van der Waals surface area contributed by atoms with Crippen LogP contribution in [0.4, 0.5) is 24.9 Å². The Kier molecular flexibility index (Phi) is 5.33. The third kappa shape index (κ3) is 3.87. The Balaban J connectivity index is 1.30. The first-order valence-corrected chi connectivity index (χ1v) is 15.5. The number of aromatic nitrogens is 5. The summed E-state index contributed by atoms with van der Waals surface area (Å²) in [4.78, 5) is 11.4. The van der Waals surface area contributed by atoms with Crippen molar-refractivity contribution in [3.05, 3.63) is 60.4 Å². The highest BCUT2D eigenvalue weighted by Crippen LogP contribution is 2.48. The molecule has 3 fully saturated rings. The van der Waals surface area contributed by atoms with Gasteiger partial charge in [-0.05, 0) is 31.7 Å². The van der Waals surface area contributed by atoms with E-state index in [4.69, 9.17) is 0 Å². The van der Waals surface area contributed by atoms with Crippen molar-refractivity contribution in [1.29, 1.82) is 0 Å². The molecule has 0 unspecified atom stereocenters. The van der Waals surface area contributed by atoms with E-state index in [-0.39, 0.29) is 21.6 Å². The molecule has 4 heterocycles. The lowest BCUT2D eigenvalue weighted by atomic mass is 10.1. The second-order valence-corrected chi connectivity index (χ2v) is 14.3. The topological polar surface area (TPSA) is 123 Å². The Morgan fingerprint density at radius 3 is 2.35 bits per heavy atom. The Labute approximate surface area is 226 Å². The molecule has 16 heteroatoms. The van der Waals surface area contributed by atoms with Gasteiger partial charge in [0.1, 0.15) is 16.5 Å². The van der Waals surface area contributed by atoms with Crippen molar-refractivity contribution in [2.45, 2.75) is 41.4 Å². The summed E-state index contributed by atoms with van der Waals surface area (Å²) in [6.45, 7) is 1.06. The molecule has 2 aliphatic carbocycles. The van der Waals surface area contributed by atoms with Gasteiger partial charge in [-0.2, -0.15) is 12.5 Å². The molecule has 1 aromatic carbocycles. The van der Waals surface area contributed by atoms with Crippen molar-refractivity contribution in [2.75, 3.05) is 29.4 Å². The molecular formula is C24H22F3N7O4S2. The van der Waals surface area contributed by atoms with Gasteiger partial charge in [-0.3, -0.25) is 3.97 Å². The second-order valence-electron chi connectivity index (χ2n) is 10.4. The molecule has 0 radical (unpaired) electrons. The second kappa shape index (κ2) is 8.42. The summed E-state index contributed by atoms with van der Waals surface area (Å²) in [7, 11) is -8.28. The predicted octanol–water partition coefficient (Wildman–Crippen LogP) is 2.48. The fourth-order valence-corrected chi connectivity index (χ4v) is 8.22. The molecule has 0 N–H and O–H groups in total. The first-order valence-electron chi connectivity index (χ1n) is 12.6. The lowest BCUT2D eigenvalue weighted by molar-refractivity contribution is 0.496. The van der Waals surface area contributed by atoms with Crippen molar-refractivity contribution in [3.8, 4) is 0 Å². The van der Waals surface area contributed by atoms with Crippen LogP contribution >= 0.6 is 0 Å². The van der Waals surface area contributed by atoms with Crippen molar-refractivity contribution in [1.82, 2.24) is 23.1 Å². The van der Waals surface area contributed by atoms with Crippen LogP contribution in [-0.2, 0) is 20.0 Å². The molecule has 1 spiro atoms. The molecule has 0 bridgehead atoms. The van der Waals surface area contributed by atoms with E-state index >= 15 is 4.39 Å². The highest BCUT2D eigenvalue weighted by molar-refractivity contribution is 7.91. The smallest absolute Gasteiger partial charge is 0.285 e. The first kappa shape index (κ1) is 25.3. The molecule has 210 valence electrons. The zero-order chi connectivity index (χ0) is 28.0. The van der Waals surface area contributed by atoms with E-state index in [1.165, 1.54) is 0 Å². The molecule has 11 nitrogen and oxygen atoms in total. The van der Waals surface area contributed by atoms with Gasteiger partial charge in [0, 0.05) is 44.2 Å². The molecule has 2 saturated carbocycles. The first-order chi connectivity index (χ1) is 19.0. The summed E-state index contributed by atoms with van der Waals surface area (Å²) in [6, 6.07) is 2.69. The lowest BCUT2D eigenvalue weighted by Gasteiger charge is -2.42. The Bertz CT molecular complexity index is 1880. The number of piperazine rings is 1. The maximum Gasteiger partial charge on any atom is 0.285 e. The number of halogens is 3. The van der Waals surface area contributed by atoms with Crippen LogP contribution in [0.25, 0.3) is 10.9 Å². The molecule has 4 aromatic rings. The summed E-state index contributed by atoms with van der Waals surface area (Å²) < 4.78 is 97.1. The van der Waals surface area contributed by atoms with Gasteiger partial charge in [-0.25, -0.2) is 31.6 Å². The van der Waals surface area contributed by atoms with Gasteiger partial charge in [0.25, 0.3) is 10.0 Å². The van der Waals surface area contributed by atoms with Gasteiger partial charge in [-0.1, -0.05) is 0 Å². The zero-order valence-corrected chi connectivity index (χ0v) is 22.4. The van der Waals surface area contributed by atoms with Crippen molar-refractivity contribution in [3.63, 3.8) is 0 Å². The Morgan fingerprint density at radius 2 is 1.68 bits per heavy atom. The van der Waals surface area contributed by atoms with Gasteiger partial charge < -0.3 is 9.80 Å². The highest BCUT2D eigenvalue weighted by atomic mass is 32.2. The number of nitrogens with zero attached hydrogens (tertiary/aromatic N) is 7. The highest BCUT2D eigenvalue weighted by Gasteiger charge is 2.53. The zero-order valence-electron chi connectivity index (χ0n) is 20.8. The normalized spacial score (nSPS) is 19.1. The number of hydrogen-bond acceptors (Lipinski definition) is 9. The molecule has 1 aliphatic heterocycles. The van der Waals surface area contributed by atoms with Gasteiger partial charge in [0.15, 0.2) is 11.6 Å². The van der Waals surface area contributed by atoms with E-state index in [0.717, 1.165) is 40.9 Å². The van der Waals surface area contributed by atoms with E-state index in [1.54, 1.807) is 0 Å². The van der Waals surface area contributed by atoms with Gasteiger partial charge in [0.05, 0.1) is 34.1 Å². The van der Waals surface area contributed by atoms with Crippen molar-refractivity contribution >= 4 is 42.7 Å². The van der Waals surface area contributed by atoms with Crippen LogP contribution < -0.4 is 9.80 Å². The van der Waals surface area contributed by atoms with Gasteiger partial charge >= 0.3 is 0 Å². The number of benzene rings is 1. The number of rotatable bonds is 6. The summed E-state index contributed by atoms with van der Waals surface area (Å²) >= 11 is 0. The minimum absolute atomic E-state index is 0.0401. The quantitative estimate of drug-likeness (QED) is 0.332. The molecule has 0 atom stereocenters. The molecular weight excluding hydrogens is 571 g/mol. The lowest BCUT2D eigenvalue weighted by Crippen LogP contribution is -2.56. The molecule has 40 heavy (non-hydrogen) atoms. The van der Waals surface area contributed by atoms with Crippen LogP contribution in [0.1, 0.15) is 25.7 Å². The predicted molar refractivity (Wildman–Crippen MR) is 138 cm³/mol. The van der Waals surface area contributed by atoms with Crippen LogP contribution in [0.15, 0.2) is 47.9 Å². The van der Waals surface area contributed by atoms with Crippen LogP contribution in [0.3, 0.4) is 0 Å². The third-order valence-electron chi connectivity index (χ3n) is 7.68. The van der Waals surface area contributed by atoms with E-state index in [2.05, 4.69) is 15.1 Å². The summed E-state index contributed by atoms with van der Waals surface area (Å²) in [5, 5.41) is 3.59. The van der Waals surface area contributed by atoms with Gasteiger partial charge in [-0.15, -0.1) is 5.10 Å². The number of fused-ring (bicyclic) bond motifs is 1. The average molecular weight is 594 g/mol. The Morgan fingerprint density at radius 1 is 0.950 bits per heavy atom. The van der Waals surface area contributed by atoms with Crippen LogP contribution in [-0.4, -0.2) is 70.4 Å². The minimum Gasteiger partial charge on any atom is -0.345 e. The molecule has 7 rings (SSSR count). The summed E-state index contributed by atoms with van der Waals surface area (Å²) in [5.74, 6) is -2.14. The molecule has 0 amide bonds. The third-order valence-corrected chi connectivity index (χ3v) is 11.4. The van der Waals surface area contributed by atoms with Crippen molar-refractivity contribution < 1.29 is 30.0 Å². The number of hydrogen-bond donors (Lipinski definition) is 0. The van der Waals surface area contributed by atoms with Crippen LogP contribution in [0.5, 0.6) is 0 Å². The van der Waals surface area contributed by atoms with E-state index in [1.807, 2.05) is 9.80 Å². The van der Waals surface area contributed by atoms with Gasteiger partial charge in [0.2, 0.25) is 16.0 Å². The van der Waals surface area contributed by atoms with Crippen LogP contribution in [0, 0.1) is 17.5 Å². The fraction of sp³-hybridized carbons (Fsp3) is 0.375. The maximum absolute atomic E-state index is 15.3. The standard InChI is InChI=1S/C24H22F3N7O4S2/c25-15-9-19(27)21-20(10-15)34(40(37,38)18-3-6-32(13-18)39(35,36)17-1-2-17)30-22(21)33-8-7-31(14-24(33)4-5-24)23-28-11-16(26)12-29-23/h3,6,9-13,17H,1-2,4-5,7-8,14H2. The average Bonchev–Trinajstić information content (AvgIpc) is 3.81. The summed E-state index contributed by atoms with van der Waals surface area (Å²) in [5.41, 5.74) is -0.834. The minimum atomic E-state index is -4.54. The molecule has 3 aliphatic rings. The van der Waals surface area contributed by atoms with E-state index < -0.39 is 48.3 Å². The molecule has 1 saturated heterocycles. The van der Waals surface area contributed by atoms with E-state index in [9.17, 15) is 25.6 Å². The maximum atomic E-state index is 15.3. The van der Waals surface area contributed by atoms with Crippen LogP contribution in [0.2, 0.25) is 0 Å². The largest absolute Gasteiger partial charge is 0.345 e. The molecule has 3 aromatic heterocycles.